The summed E-state index contributed by atoms with van der Waals surface area (Å²) in [5.41, 5.74) is 0.937. The SMILES string of the molecule is CC.O=C(CCCC(=O)OCc1ccccc1)OCCl. The Morgan fingerprint density at radius 3 is 2.10 bits per heavy atom. The van der Waals surface area contributed by atoms with E-state index in [2.05, 4.69) is 4.74 Å². The molecule has 0 aliphatic carbocycles. The topological polar surface area (TPSA) is 52.6 Å². The van der Waals surface area contributed by atoms with Gasteiger partial charge in [-0.1, -0.05) is 55.8 Å². The average Bonchev–Trinajstić information content (AvgIpc) is 2.48. The summed E-state index contributed by atoms with van der Waals surface area (Å²) in [6.45, 7) is 4.26. The van der Waals surface area contributed by atoms with Gasteiger partial charge < -0.3 is 9.47 Å². The van der Waals surface area contributed by atoms with Gasteiger partial charge in [-0.3, -0.25) is 9.59 Å². The van der Waals surface area contributed by atoms with Crippen molar-refractivity contribution in [3.63, 3.8) is 0 Å². The predicted octanol–water partition coefficient (Wildman–Crippen LogP) is 3.67. The minimum atomic E-state index is -0.402. The molecule has 5 heteroatoms. The molecule has 1 rings (SSSR count). The lowest BCUT2D eigenvalue weighted by molar-refractivity contribution is -0.145. The number of benzene rings is 1. The lowest BCUT2D eigenvalue weighted by Gasteiger charge is -2.04. The molecule has 0 radical (unpaired) electrons. The molecule has 0 aliphatic rings. The van der Waals surface area contributed by atoms with Crippen LogP contribution in [0.5, 0.6) is 0 Å². The quantitative estimate of drug-likeness (QED) is 0.569. The van der Waals surface area contributed by atoms with Crippen molar-refractivity contribution in [2.75, 3.05) is 6.07 Å². The van der Waals surface area contributed by atoms with E-state index < -0.39 is 5.97 Å². The number of hydrogen-bond donors (Lipinski definition) is 0. The third-order valence-electron chi connectivity index (χ3n) is 2.22. The smallest absolute Gasteiger partial charge is 0.306 e. The van der Waals surface area contributed by atoms with Crippen molar-refractivity contribution in [3.05, 3.63) is 35.9 Å². The number of alkyl halides is 1. The molecule has 112 valence electrons. The van der Waals surface area contributed by atoms with Gasteiger partial charge in [0.1, 0.15) is 6.61 Å². The van der Waals surface area contributed by atoms with E-state index in [9.17, 15) is 9.59 Å². The Hall–Kier alpha value is -1.55. The molecular formula is C15H21ClO4. The molecule has 0 bridgehead atoms. The Morgan fingerprint density at radius 2 is 1.55 bits per heavy atom. The number of carbonyl (C=O) groups excluding carboxylic acids is 2. The molecule has 0 amide bonds. The summed E-state index contributed by atoms with van der Waals surface area (Å²) < 4.78 is 9.58. The summed E-state index contributed by atoms with van der Waals surface area (Å²) in [6.07, 6.45) is 0.778. The molecule has 0 unspecified atom stereocenters. The van der Waals surface area contributed by atoms with Gasteiger partial charge in [-0.2, -0.15) is 0 Å². The monoisotopic (exact) mass is 300 g/mol. The molecule has 1 aromatic carbocycles. The second-order valence-corrected chi connectivity index (χ2v) is 3.84. The number of rotatable bonds is 7. The molecule has 1 aromatic rings. The Balaban J connectivity index is 0.00000172. The first-order chi connectivity index (χ1) is 9.72. The summed E-state index contributed by atoms with van der Waals surface area (Å²) in [5.74, 6) is -0.724. The van der Waals surface area contributed by atoms with Gasteiger partial charge in [-0.05, 0) is 12.0 Å². The van der Waals surface area contributed by atoms with Gasteiger partial charge in [0.05, 0.1) is 0 Å². The van der Waals surface area contributed by atoms with Gasteiger partial charge in [-0.25, -0.2) is 0 Å². The average molecular weight is 301 g/mol. The van der Waals surface area contributed by atoms with Crippen molar-refractivity contribution in [2.24, 2.45) is 0 Å². The second-order valence-electron chi connectivity index (χ2n) is 3.63. The van der Waals surface area contributed by atoms with Gasteiger partial charge in [0.25, 0.3) is 0 Å². The number of esters is 2. The molecule has 0 saturated heterocycles. The maximum absolute atomic E-state index is 11.4. The zero-order valence-corrected chi connectivity index (χ0v) is 12.7. The van der Waals surface area contributed by atoms with Crippen molar-refractivity contribution in [2.45, 2.75) is 39.7 Å². The van der Waals surface area contributed by atoms with E-state index in [1.54, 1.807) is 0 Å². The van der Waals surface area contributed by atoms with Crippen molar-refractivity contribution in [1.29, 1.82) is 0 Å². The first-order valence-electron chi connectivity index (χ1n) is 6.63. The molecular weight excluding hydrogens is 280 g/mol. The van der Waals surface area contributed by atoms with Crippen LogP contribution in [0, 0.1) is 0 Å². The molecule has 0 spiro atoms. The standard InChI is InChI=1S/C13H15ClO4.C2H6/c14-10-18-13(16)8-4-7-12(15)17-9-11-5-2-1-3-6-11;1-2/h1-3,5-6H,4,7-10H2;1-2H3. The zero-order chi connectivity index (χ0) is 15.2. The molecule has 0 atom stereocenters. The Morgan fingerprint density at radius 1 is 1.00 bits per heavy atom. The summed E-state index contributed by atoms with van der Waals surface area (Å²) in [5, 5.41) is 0. The van der Waals surface area contributed by atoms with E-state index in [0.717, 1.165) is 5.56 Å². The lowest BCUT2D eigenvalue weighted by Crippen LogP contribution is -2.07. The number of halogens is 1. The maximum atomic E-state index is 11.4. The highest BCUT2D eigenvalue weighted by Gasteiger charge is 2.07. The fourth-order valence-electron chi connectivity index (χ4n) is 1.32. The molecule has 0 heterocycles. The van der Waals surface area contributed by atoms with Crippen LogP contribution in [0.15, 0.2) is 30.3 Å². The van der Waals surface area contributed by atoms with E-state index in [-0.39, 0.29) is 31.5 Å². The van der Waals surface area contributed by atoms with Crippen LogP contribution in [0.4, 0.5) is 0 Å². The van der Waals surface area contributed by atoms with E-state index in [1.165, 1.54) is 0 Å². The van der Waals surface area contributed by atoms with E-state index in [0.29, 0.717) is 6.42 Å². The first kappa shape index (κ1) is 18.4. The van der Waals surface area contributed by atoms with Crippen LogP contribution in [0.1, 0.15) is 38.7 Å². The normalized spacial score (nSPS) is 9.15. The largest absolute Gasteiger partial charge is 0.461 e. The zero-order valence-electron chi connectivity index (χ0n) is 11.9. The molecule has 4 nitrogen and oxygen atoms in total. The van der Waals surface area contributed by atoms with Crippen molar-refractivity contribution < 1.29 is 19.1 Å². The third kappa shape index (κ3) is 9.39. The number of ether oxygens (including phenoxy) is 2. The Kier molecular flexibility index (Phi) is 11.5. The Bertz CT molecular complexity index is 379. The minimum Gasteiger partial charge on any atom is -0.461 e. The molecule has 0 fully saturated rings. The van der Waals surface area contributed by atoms with Crippen molar-refractivity contribution in [3.8, 4) is 0 Å². The molecule has 20 heavy (non-hydrogen) atoms. The highest BCUT2D eigenvalue weighted by Crippen LogP contribution is 2.04. The van der Waals surface area contributed by atoms with E-state index >= 15 is 0 Å². The third-order valence-corrected chi connectivity index (χ3v) is 2.33. The molecule has 0 saturated carbocycles. The second kappa shape index (κ2) is 12.5. The van der Waals surface area contributed by atoms with Gasteiger partial charge in [0.2, 0.25) is 0 Å². The first-order valence-corrected chi connectivity index (χ1v) is 7.17. The van der Waals surface area contributed by atoms with Crippen LogP contribution < -0.4 is 0 Å². The van der Waals surface area contributed by atoms with Crippen LogP contribution in [0.3, 0.4) is 0 Å². The molecule has 0 N–H and O–H groups in total. The molecule has 0 aromatic heterocycles. The summed E-state index contributed by atoms with van der Waals surface area (Å²) in [7, 11) is 0. The van der Waals surface area contributed by atoms with Crippen LogP contribution in [0.2, 0.25) is 0 Å². The molecule has 0 aliphatic heterocycles. The van der Waals surface area contributed by atoms with Crippen LogP contribution in [-0.2, 0) is 25.7 Å². The van der Waals surface area contributed by atoms with Gasteiger partial charge in [-0.15, -0.1) is 0 Å². The highest BCUT2D eigenvalue weighted by atomic mass is 35.5. The Labute approximate surface area is 125 Å². The number of carbonyl (C=O) groups is 2. The van der Waals surface area contributed by atoms with Crippen molar-refractivity contribution >= 4 is 23.5 Å². The summed E-state index contributed by atoms with van der Waals surface area (Å²) in [4.78, 5) is 22.3. The lowest BCUT2D eigenvalue weighted by atomic mass is 10.2. The summed E-state index contributed by atoms with van der Waals surface area (Å²) in [6, 6.07) is 9.26. The van der Waals surface area contributed by atoms with Crippen LogP contribution in [-0.4, -0.2) is 18.0 Å². The van der Waals surface area contributed by atoms with E-state index in [4.69, 9.17) is 16.3 Å². The van der Waals surface area contributed by atoms with Gasteiger partial charge in [0, 0.05) is 12.8 Å². The van der Waals surface area contributed by atoms with Gasteiger partial charge >= 0.3 is 11.9 Å². The van der Waals surface area contributed by atoms with Crippen LogP contribution in [0.25, 0.3) is 0 Å². The fraction of sp³-hybridized carbons (Fsp3) is 0.467. The predicted molar refractivity (Wildman–Crippen MR) is 78.2 cm³/mol. The maximum Gasteiger partial charge on any atom is 0.306 e. The minimum absolute atomic E-state index is 0.155. The summed E-state index contributed by atoms with van der Waals surface area (Å²) >= 11 is 5.22. The fourth-order valence-corrected chi connectivity index (χ4v) is 1.44. The highest BCUT2D eigenvalue weighted by molar-refractivity contribution is 6.17. The van der Waals surface area contributed by atoms with Crippen molar-refractivity contribution in [1.82, 2.24) is 0 Å². The van der Waals surface area contributed by atoms with E-state index in [1.807, 2.05) is 44.2 Å². The van der Waals surface area contributed by atoms with Gasteiger partial charge in [0.15, 0.2) is 6.07 Å². The van der Waals surface area contributed by atoms with Crippen LogP contribution >= 0.6 is 11.6 Å². The number of hydrogen-bond acceptors (Lipinski definition) is 4.